The van der Waals surface area contributed by atoms with Gasteiger partial charge >= 0.3 is 11.9 Å². The summed E-state index contributed by atoms with van der Waals surface area (Å²) in [5, 5.41) is 4.23. The Labute approximate surface area is 296 Å². The number of rotatable bonds is 13. The number of piperidine rings is 3. The van der Waals surface area contributed by atoms with E-state index < -0.39 is 18.1 Å². The van der Waals surface area contributed by atoms with Crippen molar-refractivity contribution < 1.29 is 33.5 Å². The highest BCUT2D eigenvalue weighted by Crippen LogP contribution is 2.36. The summed E-state index contributed by atoms with van der Waals surface area (Å²) in [4.78, 5) is 32.6. The monoisotopic (exact) mass is 704 g/mol. The molecule has 3 atom stereocenters. The van der Waals surface area contributed by atoms with Gasteiger partial charge in [0.1, 0.15) is 28.3 Å². The number of aromatic nitrogens is 1. The van der Waals surface area contributed by atoms with Crippen molar-refractivity contribution in [1.29, 1.82) is 0 Å². The predicted molar refractivity (Wildman–Crippen MR) is 186 cm³/mol. The Hall–Kier alpha value is -4.15. The Bertz CT molecular complexity index is 1750. The number of aromatic amines is 1. The zero-order valence-electron chi connectivity index (χ0n) is 27.5. The Morgan fingerprint density at radius 1 is 0.898 bits per heavy atom. The zero-order valence-corrected chi connectivity index (χ0v) is 29.0. The molecule has 7 rings (SSSR count). The zero-order chi connectivity index (χ0) is 34.3. The number of H-pyrrole nitrogens is 1. The van der Waals surface area contributed by atoms with Crippen molar-refractivity contribution >= 4 is 35.1 Å². The van der Waals surface area contributed by atoms with Crippen LogP contribution >= 0.6 is 23.2 Å². The first-order valence-electron chi connectivity index (χ1n) is 16.4. The van der Waals surface area contributed by atoms with Crippen molar-refractivity contribution in [3.63, 3.8) is 0 Å². The first-order valence-corrected chi connectivity index (χ1v) is 17.2. The highest BCUT2D eigenvalue weighted by atomic mass is 35.5. The normalized spacial score (nSPS) is 19.5. The van der Waals surface area contributed by atoms with Crippen LogP contribution in [-0.2, 0) is 27.2 Å². The van der Waals surface area contributed by atoms with E-state index in [4.69, 9.17) is 42.1 Å². The number of pyridine rings is 1. The van der Waals surface area contributed by atoms with Crippen molar-refractivity contribution in [1.82, 2.24) is 10.2 Å². The number of nitrogens with one attached hydrogen (secondary N) is 2. The number of hydrogen-bond acceptors (Lipinski definition) is 8. The Balaban J connectivity index is 1.19. The number of esters is 2. The molecule has 0 spiro atoms. The molecule has 2 N–H and O–H groups in total. The van der Waals surface area contributed by atoms with Crippen molar-refractivity contribution in [2.45, 2.75) is 44.1 Å². The number of methoxy groups -OCH3 is 2. The number of benzene rings is 3. The summed E-state index contributed by atoms with van der Waals surface area (Å²) in [6, 6.07) is 21.4. The van der Waals surface area contributed by atoms with Gasteiger partial charge in [-0.05, 0) is 72.8 Å². The number of halogens is 2. The van der Waals surface area contributed by atoms with Crippen LogP contribution in [0.15, 0.2) is 85.2 Å². The smallest absolute Gasteiger partial charge is 0.338 e. The SMILES string of the molecule is COc1ccc([C@H](Cc2c(Cl)c[nH+]cc2Cl)OC(=O)c2cccc(CNC(C(=O)OC3CN4CCC3CC4)c3ccccc3)c2)cc1OC. The first kappa shape index (κ1) is 34.7. The predicted octanol–water partition coefficient (Wildman–Crippen LogP) is 6.43. The molecule has 0 amide bonds. The number of ether oxygens (including phenoxy) is 4. The fourth-order valence-corrected chi connectivity index (χ4v) is 7.14. The molecule has 2 bridgehead atoms. The molecule has 4 heterocycles. The average molecular weight is 706 g/mol. The van der Waals surface area contributed by atoms with Crippen molar-refractivity contribution in [2.75, 3.05) is 33.9 Å². The second-order valence-corrected chi connectivity index (χ2v) is 13.2. The summed E-state index contributed by atoms with van der Waals surface area (Å²) in [6.45, 7) is 3.24. The standard InChI is InChI=1S/C38H39Cl2N3O6/c1-46-32-12-11-27(18-34(32)47-2)33(19-29-30(39)21-41-22-31(29)40)48-37(44)28-10-6-7-24(17-28)20-42-36(26-8-4-3-5-9-26)38(45)49-35-23-43-15-13-25(35)14-16-43/h3-12,17-18,21-22,25,33,35-36,42H,13-16,19-20,23H2,1-2H3/p+1/t33-,35?,36?/m0/s1. The summed E-state index contributed by atoms with van der Waals surface area (Å²) in [5.41, 5.74) is 3.28. The Morgan fingerprint density at radius 3 is 2.31 bits per heavy atom. The summed E-state index contributed by atoms with van der Waals surface area (Å²) in [5.74, 6) is 0.617. The maximum Gasteiger partial charge on any atom is 0.338 e. The molecule has 3 aliphatic heterocycles. The molecular weight excluding hydrogens is 665 g/mol. The number of hydrogen-bond donors (Lipinski definition) is 1. The van der Waals surface area contributed by atoms with Gasteiger partial charge in [0.15, 0.2) is 23.9 Å². The molecule has 11 heteroatoms. The lowest BCUT2D eigenvalue weighted by atomic mass is 9.86. The number of carbonyl (C=O) groups excluding carboxylic acids is 2. The van der Waals surface area contributed by atoms with Gasteiger partial charge in [-0.3, -0.25) is 10.2 Å². The molecule has 3 saturated heterocycles. The highest BCUT2D eigenvalue weighted by Gasteiger charge is 2.38. The molecule has 49 heavy (non-hydrogen) atoms. The van der Waals surface area contributed by atoms with Gasteiger partial charge in [-0.15, -0.1) is 0 Å². The lowest BCUT2D eigenvalue weighted by Crippen LogP contribution is -2.52. The van der Waals surface area contributed by atoms with E-state index in [1.807, 2.05) is 42.5 Å². The molecule has 3 fully saturated rings. The van der Waals surface area contributed by atoms with Crippen LogP contribution in [0.2, 0.25) is 10.0 Å². The van der Waals surface area contributed by atoms with E-state index in [0.29, 0.717) is 50.7 Å². The average Bonchev–Trinajstić information content (AvgIpc) is 3.13. The lowest BCUT2D eigenvalue weighted by molar-refractivity contribution is -0.377. The minimum atomic E-state index is -0.755. The van der Waals surface area contributed by atoms with Crippen LogP contribution < -0.4 is 19.8 Å². The van der Waals surface area contributed by atoms with E-state index in [-0.39, 0.29) is 18.5 Å². The third kappa shape index (κ3) is 8.36. The molecule has 3 aliphatic rings. The Morgan fingerprint density at radius 2 is 1.63 bits per heavy atom. The summed E-state index contributed by atoms with van der Waals surface area (Å²) >= 11 is 13.0. The van der Waals surface area contributed by atoms with Crippen LogP contribution in [0.1, 0.15) is 57.6 Å². The lowest BCUT2D eigenvalue weighted by Gasteiger charge is -2.44. The number of nitrogens with zero attached hydrogens (tertiary/aromatic N) is 1. The van der Waals surface area contributed by atoms with E-state index >= 15 is 0 Å². The maximum absolute atomic E-state index is 13.7. The summed E-state index contributed by atoms with van der Waals surface area (Å²) in [7, 11) is 3.10. The highest BCUT2D eigenvalue weighted by molar-refractivity contribution is 6.35. The van der Waals surface area contributed by atoms with Gasteiger partial charge < -0.3 is 18.9 Å². The van der Waals surface area contributed by atoms with Crippen LogP contribution in [0, 0.1) is 5.92 Å². The molecule has 9 nitrogen and oxygen atoms in total. The quantitative estimate of drug-likeness (QED) is 0.159. The van der Waals surface area contributed by atoms with Gasteiger partial charge in [-0.2, -0.15) is 0 Å². The van der Waals surface area contributed by atoms with Gasteiger partial charge in [0.25, 0.3) is 0 Å². The summed E-state index contributed by atoms with van der Waals surface area (Å²) < 4.78 is 23.2. The molecule has 3 aromatic carbocycles. The minimum absolute atomic E-state index is 0.0986. The maximum atomic E-state index is 13.7. The molecule has 0 saturated carbocycles. The molecule has 4 aromatic rings. The third-order valence-electron chi connectivity index (χ3n) is 9.32. The molecule has 0 radical (unpaired) electrons. The number of fused-ring (bicyclic) bond motifs is 3. The molecule has 1 aromatic heterocycles. The van der Waals surface area contributed by atoms with E-state index in [1.54, 1.807) is 56.9 Å². The fraction of sp³-hybridized carbons (Fsp3) is 0.342. The molecular formula is C38H40Cl2N3O6+. The van der Waals surface area contributed by atoms with Gasteiger partial charge in [0, 0.05) is 25.1 Å². The van der Waals surface area contributed by atoms with E-state index in [1.165, 1.54) is 0 Å². The van der Waals surface area contributed by atoms with Crippen molar-refractivity contribution in [3.8, 4) is 11.5 Å². The van der Waals surface area contributed by atoms with Gasteiger partial charge in [0.2, 0.25) is 0 Å². The van der Waals surface area contributed by atoms with Crippen LogP contribution in [-0.4, -0.2) is 56.8 Å². The van der Waals surface area contributed by atoms with E-state index in [0.717, 1.165) is 43.6 Å². The minimum Gasteiger partial charge on any atom is -0.493 e. The van der Waals surface area contributed by atoms with Crippen LogP contribution in [0.5, 0.6) is 11.5 Å². The Kier molecular flexibility index (Phi) is 11.4. The largest absolute Gasteiger partial charge is 0.493 e. The molecule has 0 aliphatic carbocycles. The van der Waals surface area contributed by atoms with Crippen molar-refractivity contribution in [2.24, 2.45) is 5.92 Å². The number of carbonyl (C=O) groups is 2. The fourth-order valence-electron chi connectivity index (χ4n) is 6.61. The van der Waals surface area contributed by atoms with Gasteiger partial charge in [-0.25, -0.2) is 14.6 Å². The van der Waals surface area contributed by atoms with Crippen LogP contribution in [0.3, 0.4) is 0 Å². The van der Waals surface area contributed by atoms with Crippen LogP contribution in [0.25, 0.3) is 0 Å². The third-order valence-corrected chi connectivity index (χ3v) is 9.99. The van der Waals surface area contributed by atoms with Gasteiger partial charge in [0.05, 0.1) is 19.8 Å². The van der Waals surface area contributed by atoms with E-state index in [9.17, 15) is 9.59 Å². The molecule has 256 valence electrons. The topological polar surface area (TPSA) is 100 Å². The summed E-state index contributed by atoms with van der Waals surface area (Å²) in [6.07, 6.45) is 4.73. The second kappa shape index (κ2) is 16.0. The first-order chi connectivity index (χ1) is 23.8. The van der Waals surface area contributed by atoms with E-state index in [2.05, 4.69) is 15.2 Å². The van der Waals surface area contributed by atoms with Gasteiger partial charge in [-0.1, -0.05) is 71.7 Å². The molecule has 2 unspecified atom stereocenters. The van der Waals surface area contributed by atoms with Crippen molar-refractivity contribution in [3.05, 3.63) is 123 Å². The second-order valence-electron chi connectivity index (χ2n) is 12.4. The van der Waals surface area contributed by atoms with Crippen LogP contribution in [0.4, 0.5) is 0 Å².